The SMILES string of the molecule is CCc1nnc(N2CCCC3CCCC32)c(CN)c1CC. The van der Waals surface area contributed by atoms with Gasteiger partial charge >= 0.3 is 0 Å². The van der Waals surface area contributed by atoms with E-state index in [4.69, 9.17) is 5.73 Å². The first kappa shape index (κ1) is 14.8. The monoisotopic (exact) mass is 288 g/mol. The van der Waals surface area contributed by atoms with E-state index >= 15 is 0 Å². The van der Waals surface area contributed by atoms with Crippen LogP contribution >= 0.6 is 0 Å². The molecule has 0 aromatic carbocycles. The van der Waals surface area contributed by atoms with Gasteiger partial charge in [0.05, 0.1) is 5.69 Å². The van der Waals surface area contributed by atoms with Crippen molar-refractivity contribution in [2.75, 3.05) is 11.4 Å². The number of rotatable bonds is 4. The van der Waals surface area contributed by atoms with Crippen LogP contribution in [0.15, 0.2) is 0 Å². The lowest BCUT2D eigenvalue weighted by Crippen LogP contribution is -2.44. The van der Waals surface area contributed by atoms with Gasteiger partial charge in [0.2, 0.25) is 0 Å². The van der Waals surface area contributed by atoms with E-state index in [0.29, 0.717) is 12.6 Å². The third-order valence-electron chi connectivity index (χ3n) is 5.41. The van der Waals surface area contributed by atoms with Crippen LogP contribution in [0.4, 0.5) is 5.82 Å². The number of anilines is 1. The van der Waals surface area contributed by atoms with Crippen molar-refractivity contribution in [2.45, 2.75) is 71.4 Å². The molecule has 21 heavy (non-hydrogen) atoms. The summed E-state index contributed by atoms with van der Waals surface area (Å²) in [6.45, 7) is 6.05. The molecule has 2 aliphatic rings. The van der Waals surface area contributed by atoms with Crippen molar-refractivity contribution in [2.24, 2.45) is 11.7 Å². The molecule has 1 aromatic rings. The Balaban J connectivity index is 2.01. The van der Waals surface area contributed by atoms with Crippen LogP contribution in [-0.2, 0) is 19.4 Å². The van der Waals surface area contributed by atoms with Crippen LogP contribution in [0.25, 0.3) is 0 Å². The molecule has 0 bridgehead atoms. The second-order valence-electron chi connectivity index (χ2n) is 6.43. The van der Waals surface area contributed by atoms with Crippen molar-refractivity contribution in [3.8, 4) is 0 Å². The highest BCUT2D eigenvalue weighted by Crippen LogP contribution is 2.39. The molecular formula is C17H28N4. The van der Waals surface area contributed by atoms with Crippen LogP contribution in [0.3, 0.4) is 0 Å². The van der Waals surface area contributed by atoms with E-state index < -0.39 is 0 Å². The van der Waals surface area contributed by atoms with Gasteiger partial charge < -0.3 is 10.6 Å². The first-order valence-corrected chi connectivity index (χ1v) is 8.64. The molecule has 2 N–H and O–H groups in total. The number of aromatic nitrogens is 2. The maximum Gasteiger partial charge on any atom is 0.156 e. The molecule has 0 amide bonds. The molecule has 4 nitrogen and oxygen atoms in total. The lowest BCUT2D eigenvalue weighted by atomic mass is 9.91. The largest absolute Gasteiger partial charge is 0.352 e. The standard InChI is InChI=1S/C17H28N4/c1-3-13-14(11-18)17(20-19-15(13)4-2)21-10-6-8-12-7-5-9-16(12)21/h12,16H,3-11,18H2,1-2H3. The molecule has 1 saturated heterocycles. The van der Waals surface area contributed by atoms with Gasteiger partial charge in [0, 0.05) is 24.7 Å². The molecule has 2 heterocycles. The fraction of sp³-hybridized carbons (Fsp3) is 0.765. The summed E-state index contributed by atoms with van der Waals surface area (Å²) in [5.41, 5.74) is 9.81. The van der Waals surface area contributed by atoms with Crippen molar-refractivity contribution >= 4 is 5.82 Å². The van der Waals surface area contributed by atoms with Gasteiger partial charge in [-0.05, 0) is 50.0 Å². The first-order valence-electron chi connectivity index (χ1n) is 8.64. The molecule has 1 saturated carbocycles. The molecule has 4 heteroatoms. The average molecular weight is 288 g/mol. The Morgan fingerprint density at radius 3 is 2.57 bits per heavy atom. The maximum absolute atomic E-state index is 6.10. The maximum atomic E-state index is 6.10. The summed E-state index contributed by atoms with van der Waals surface area (Å²) in [5.74, 6) is 1.95. The minimum absolute atomic E-state index is 0.578. The predicted octanol–water partition coefficient (Wildman–Crippen LogP) is 2.83. The highest BCUT2D eigenvalue weighted by molar-refractivity contribution is 5.52. The quantitative estimate of drug-likeness (QED) is 0.925. The minimum Gasteiger partial charge on any atom is -0.352 e. The molecule has 0 spiro atoms. The highest BCUT2D eigenvalue weighted by Gasteiger charge is 2.36. The number of hydrogen-bond donors (Lipinski definition) is 1. The summed E-state index contributed by atoms with van der Waals surface area (Å²) in [7, 11) is 0. The Bertz CT molecular complexity index is 500. The van der Waals surface area contributed by atoms with Gasteiger partial charge in [-0.2, -0.15) is 5.10 Å². The molecule has 1 aromatic heterocycles. The molecule has 2 atom stereocenters. The first-order chi connectivity index (χ1) is 10.3. The zero-order chi connectivity index (χ0) is 14.8. The summed E-state index contributed by atoms with van der Waals surface area (Å²) in [6.07, 6.45) is 8.68. The Morgan fingerprint density at radius 1 is 1.05 bits per heavy atom. The Labute approximate surface area is 128 Å². The third kappa shape index (κ3) is 2.54. The number of fused-ring (bicyclic) bond motifs is 1. The summed E-state index contributed by atoms with van der Waals surface area (Å²) < 4.78 is 0. The minimum atomic E-state index is 0.578. The summed E-state index contributed by atoms with van der Waals surface area (Å²) in [4.78, 5) is 2.54. The van der Waals surface area contributed by atoms with E-state index in [1.54, 1.807) is 0 Å². The lowest BCUT2D eigenvalue weighted by molar-refractivity contribution is 0.359. The van der Waals surface area contributed by atoms with Crippen LogP contribution in [0.5, 0.6) is 0 Å². The van der Waals surface area contributed by atoms with Gasteiger partial charge in [-0.3, -0.25) is 0 Å². The van der Waals surface area contributed by atoms with E-state index in [-0.39, 0.29) is 0 Å². The van der Waals surface area contributed by atoms with Gasteiger partial charge in [-0.25, -0.2) is 0 Å². The topological polar surface area (TPSA) is 55.0 Å². The second-order valence-corrected chi connectivity index (χ2v) is 6.43. The van der Waals surface area contributed by atoms with Gasteiger partial charge in [-0.1, -0.05) is 20.3 Å². The molecule has 116 valence electrons. The number of hydrogen-bond acceptors (Lipinski definition) is 4. The molecular weight excluding hydrogens is 260 g/mol. The van der Waals surface area contributed by atoms with Crippen molar-refractivity contribution < 1.29 is 0 Å². The van der Waals surface area contributed by atoms with Crippen molar-refractivity contribution in [3.63, 3.8) is 0 Å². The zero-order valence-corrected chi connectivity index (χ0v) is 13.4. The summed E-state index contributed by atoms with van der Waals surface area (Å²) in [6, 6.07) is 0.676. The Hall–Kier alpha value is -1.16. The number of aryl methyl sites for hydroxylation is 1. The van der Waals surface area contributed by atoms with Crippen molar-refractivity contribution in [1.82, 2.24) is 10.2 Å². The van der Waals surface area contributed by atoms with Gasteiger partial charge in [0.15, 0.2) is 5.82 Å². The second kappa shape index (κ2) is 6.30. The summed E-state index contributed by atoms with van der Waals surface area (Å²) in [5, 5.41) is 9.13. The van der Waals surface area contributed by atoms with Crippen LogP contribution in [0.1, 0.15) is 62.8 Å². The third-order valence-corrected chi connectivity index (χ3v) is 5.41. The number of nitrogens with two attached hydrogens (primary N) is 1. The molecule has 2 fully saturated rings. The van der Waals surface area contributed by atoms with Crippen molar-refractivity contribution in [1.29, 1.82) is 0 Å². The van der Waals surface area contributed by atoms with Crippen LogP contribution in [-0.4, -0.2) is 22.8 Å². The number of nitrogens with zero attached hydrogens (tertiary/aromatic N) is 3. The smallest absolute Gasteiger partial charge is 0.156 e. The van der Waals surface area contributed by atoms with Gasteiger partial charge in [-0.15, -0.1) is 5.10 Å². The molecule has 2 unspecified atom stereocenters. The Morgan fingerprint density at radius 2 is 1.86 bits per heavy atom. The average Bonchev–Trinajstić information content (AvgIpc) is 3.01. The zero-order valence-electron chi connectivity index (χ0n) is 13.4. The van der Waals surface area contributed by atoms with E-state index in [2.05, 4.69) is 28.9 Å². The normalized spacial score (nSPS) is 25.2. The van der Waals surface area contributed by atoms with E-state index in [1.165, 1.54) is 43.2 Å². The van der Waals surface area contributed by atoms with Gasteiger partial charge in [0.25, 0.3) is 0 Å². The fourth-order valence-corrected chi connectivity index (χ4v) is 4.40. The van der Waals surface area contributed by atoms with Crippen molar-refractivity contribution in [3.05, 3.63) is 16.8 Å². The van der Waals surface area contributed by atoms with E-state index in [9.17, 15) is 0 Å². The van der Waals surface area contributed by atoms with Gasteiger partial charge in [0.1, 0.15) is 0 Å². The predicted molar refractivity (Wildman–Crippen MR) is 86.4 cm³/mol. The van der Waals surface area contributed by atoms with E-state index in [1.807, 2.05) is 0 Å². The lowest BCUT2D eigenvalue weighted by Gasteiger charge is -2.39. The molecule has 0 radical (unpaired) electrons. The summed E-state index contributed by atoms with van der Waals surface area (Å²) >= 11 is 0. The van der Waals surface area contributed by atoms with Crippen LogP contribution < -0.4 is 10.6 Å². The Kier molecular flexibility index (Phi) is 4.43. The fourth-order valence-electron chi connectivity index (χ4n) is 4.40. The highest BCUT2D eigenvalue weighted by atomic mass is 15.3. The van der Waals surface area contributed by atoms with E-state index in [0.717, 1.165) is 36.8 Å². The molecule has 1 aliphatic heterocycles. The molecule has 1 aliphatic carbocycles. The van der Waals surface area contributed by atoms with Crippen LogP contribution in [0, 0.1) is 5.92 Å². The molecule has 3 rings (SSSR count). The number of piperidine rings is 1. The van der Waals surface area contributed by atoms with Crippen LogP contribution in [0.2, 0.25) is 0 Å².